The van der Waals surface area contributed by atoms with E-state index in [1.54, 1.807) is 43.4 Å². The molecule has 4 rings (SSSR count). The van der Waals surface area contributed by atoms with E-state index < -0.39 is 0 Å². The van der Waals surface area contributed by atoms with Gasteiger partial charge in [0.2, 0.25) is 5.91 Å². The highest BCUT2D eigenvalue weighted by Gasteiger charge is 2.30. The number of hydrogen-bond donors (Lipinski definition) is 1. The summed E-state index contributed by atoms with van der Waals surface area (Å²) in [6.07, 6.45) is 1.50. The van der Waals surface area contributed by atoms with Crippen LogP contribution in [0.4, 0.5) is 0 Å². The van der Waals surface area contributed by atoms with E-state index in [0.29, 0.717) is 23.7 Å². The number of ether oxygens (including phenoxy) is 2. The number of hydrogen-bond acceptors (Lipinski definition) is 4. The van der Waals surface area contributed by atoms with Crippen LogP contribution in [0.3, 0.4) is 0 Å². The third-order valence-electron chi connectivity index (χ3n) is 6.36. The molecule has 1 heterocycles. The van der Waals surface area contributed by atoms with Crippen molar-refractivity contribution < 1.29 is 19.1 Å². The second kappa shape index (κ2) is 11.3. The largest absolute Gasteiger partial charge is 0.497 e. The normalized spacial score (nSPS) is 15.5. The van der Waals surface area contributed by atoms with Gasteiger partial charge in [0.25, 0.3) is 5.91 Å². The fourth-order valence-electron chi connectivity index (χ4n) is 4.36. The maximum absolute atomic E-state index is 13.4. The van der Waals surface area contributed by atoms with Crippen LogP contribution in [0.25, 0.3) is 0 Å². The highest BCUT2D eigenvalue weighted by Crippen LogP contribution is 2.28. The first-order chi connectivity index (χ1) is 17.0. The summed E-state index contributed by atoms with van der Waals surface area (Å²) in [5.41, 5.74) is 2.45. The minimum absolute atomic E-state index is 0.0738. The summed E-state index contributed by atoms with van der Waals surface area (Å²) in [4.78, 5) is 28.2. The van der Waals surface area contributed by atoms with Crippen LogP contribution in [0.1, 0.15) is 40.4 Å². The van der Waals surface area contributed by atoms with E-state index >= 15 is 0 Å². The predicted octanol–water partition coefficient (Wildman–Crippen LogP) is 5.12. The summed E-state index contributed by atoms with van der Waals surface area (Å²) < 4.78 is 10.6. The molecule has 0 bridgehead atoms. The number of nitrogens with zero attached hydrogens (tertiary/aromatic N) is 1. The van der Waals surface area contributed by atoms with Gasteiger partial charge < -0.3 is 19.7 Å². The van der Waals surface area contributed by atoms with E-state index in [9.17, 15) is 9.59 Å². The maximum atomic E-state index is 13.4. The molecule has 6 nitrogen and oxygen atoms in total. The third-order valence-corrected chi connectivity index (χ3v) is 6.61. The monoisotopic (exact) mass is 492 g/mol. The van der Waals surface area contributed by atoms with E-state index in [1.165, 1.54) is 0 Å². The molecule has 1 atom stereocenters. The average Bonchev–Trinajstić information content (AvgIpc) is 2.92. The summed E-state index contributed by atoms with van der Waals surface area (Å²) in [5.74, 6) is 1.05. The van der Waals surface area contributed by atoms with Crippen molar-refractivity contribution in [2.75, 3.05) is 27.3 Å². The summed E-state index contributed by atoms with van der Waals surface area (Å²) in [6.45, 7) is 1.01. The van der Waals surface area contributed by atoms with Gasteiger partial charge in [-0.2, -0.15) is 0 Å². The van der Waals surface area contributed by atoms with Crippen molar-refractivity contribution in [1.29, 1.82) is 0 Å². The number of halogens is 1. The smallest absolute Gasteiger partial charge is 0.253 e. The Morgan fingerprint density at radius 3 is 1.94 bits per heavy atom. The lowest BCUT2D eigenvalue weighted by atomic mass is 9.93. The number of nitrogens with one attached hydrogen (secondary N) is 1. The van der Waals surface area contributed by atoms with Gasteiger partial charge in [-0.3, -0.25) is 9.59 Å². The van der Waals surface area contributed by atoms with Crippen molar-refractivity contribution in [2.24, 2.45) is 5.92 Å². The minimum atomic E-state index is -0.346. The van der Waals surface area contributed by atoms with Crippen LogP contribution in [0.2, 0.25) is 5.02 Å². The van der Waals surface area contributed by atoms with Crippen LogP contribution in [0, 0.1) is 5.92 Å². The third kappa shape index (κ3) is 5.95. The number of rotatable bonds is 7. The maximum Gasteiger partial charge on any atom is 0.253 e. The first kappa shape index (κ1) is 24.6. The van der Waals surface area contributed by atoms with Crippen LogP contribution >= 0.6 is 11.6 Å². The lowest BCUT2D eigenvalue weighted by Crippen LogP contribution is -2.46. The van der Waals surface area contributed by atoms with Gasteiger partial charge >= 0.3 is 0 Å². The second-order valence-corrected chi connectivity index (χ2v) is 9.02. The molecule has 0 aliphatic carbocycles. The van der Waals surface area contributed by atoms with Crippen molar-refractivity contribution in [3.63, 3.8) is 0 Å². The van der Waals surface area contributed by atoms with Crippen molar-refractivity contribution in [3.8, 4) is 11.5 Å². The number of benzene rings is 3. The van der Waals surface area contributed by atoms with Crippen molar-refractivity contribution in [2.45, 2.75) is 18.9 Å². The molecule has 1 saturated heterocycles. The van der Waals surface area contributed by atoms with Gasteiger partial charge in [-0.1, -0.05) is 35.9 Å². The highest BCUT2D eigenvalue weighted by atomic mass is 35.5. The Balaban J connectivity index is 1.52. The lowest BCUT2D eigenvalue weighted by molar-refractivity contribution is -0.126. The van der Waals surface area contributed by atoms with Crippen molar-refractivity contribution in [3.05, 3.63) is 94.5 Å². The van der Waals surface area contributed by atoms with Crippen LogP contribution in [0.15, 0.2) is 72.8 Å². The molecule has 1 N–H and O–H groups in total. The van der Waals surface area contributed by atoms with Crippen molar-refractivity contribution >= 4 is 23.4 Å². The van der Waals surface area contributed by atoms with Gasteiger partial charge in [0.05, 0.1) is 26.2 Å². The van der Waals surface area contributed by atoms with Gasteiger partial charge in [-0.15, -0.1) is 0 Å². The van der Waals surface area contributed by atoms with E-state index in [-0.39, 0.29) is 23.8 Å². The molecule has 1 fully saturated rings. The van der Waals surface area contributed by atoms with Gasteiger partial charge in [0.15, 0.2) is 0 Å². The van der Waals surface area contributed by atoms with Crippen molar-refractivity contribution in [1.82, 2.24) is 10.2 Å². The van der Waals surface area contributed by atoms with Gasteiger partial charge in [-0.05, 0) is 72.5 Å². The Morgan fingerprint density at radius 2 is 1.43 bits per heavy atom. The van der Waals surface area contributed by atoms with E-state index in [1.807, 2.05) is 48.5 Å². The molecule has 35 heavy (non-hydrogen) atoms. The zero-order valence-electron chi connectivity index (χ0n) is 19.9. The molecule has 0 aromatic heterocycles. The standard InChI is InChI=1S/C28H29ClN2O4/c1-34-24-13-7-19(8-14-24)26(20-9-15-25(35-2)16-10-20)30-27(32)22-4-3-17-31(18-22)28(33)21-5-11-23(29)12-6-21/h5-16,22,26H,3-4,17-18H2,1-2H3,(H,30,32). The van der Waals surface area contributed by atoms with E-state index in [2.05, 4.69) is 5.32 Å². The minimum Gasteiger partial charge on any atom is -0.497 e. The first-order valence-electron chi connectivity index (χ1n) is 11.6. The summed E-state index contributed by atoms with van der Waals surface area (Å²) in [7, 11) is 3.25. The molecule has 3 aromatic carbocycles. The lowest BCUT2D eigenvalue weighted by Gasteiger charge is -2.33. The van der Waals surface area contributed by atoms with Crippen LogP contribution in [0.5, 0.6) is 11.5 Å². The molecule has 0 spiro atoms. The average molecular weight is 493 g/mol. The molecule has 3 aromatic rings. The SMILES string of the molecule is COc1ccc(C(NC(=O)C2CCCN(C(=O)c3ccc(Cl)cc3)C2)c2ccc(OC)cc2)cc1. The molecule has 0 saturated carbocycles. The predicted molar refractivity (Wildman–Crippen MR) is 136 cm³/mol. The van der Waals surface area contributed by atoms with Crippen LogP contribution in [-0.4, -0.2) is 44.0 Å². The fourth-order valence-corrected chi connectivity index (χ4v) is 4.49. The number of carbonyl (C=O) groups excluding carboxylic acids is 2. The topological polar surface area (TPSA) is 67.9 Å². The number of carbonyl (C=O) groups is 2. The summed E-state index contributed by atoms with van der Waals surface area (Å²) in [6, 6.07) is 21.8. The Kier molecular flexibility index (Phi) is 7.93. The molecule has 2 amide bonds. The highest BCUT2D eigenvalue weighted by molar-refractivity contribution is 6.30. The van der Waals surface area contributed by atoms with E-state index in [4.69, 9.17) is 21.1 Å². The zero-order valence-corrected chi connectivity index (χ0v) is 20.6. The number of likely N-dealkylation sites (tertiary alicyclic amines) is 1. The molecule has 1 aliphatic rings. The van der Waals surface area contributed by atoms with Gasteiger partial charge in [0.1, 0.15) is 11.5 Å². The zero-order chi connectivity index (χ0) is 24.8. The Morgan fingerprint density at radius 1 is 0.886 bits per heavy atom. The summed E-state index contributed by atoms with van der Waals surface area (Å²) in [5, 5.41) is 3.81. The molecule has 182 valence electrons. The molecule has 1 aliphatic heterocycles. The molecule has 1 unspecified atom stereocenters. The van der Waals surface area contributed by atoms with Gasteiger partial charge in [-0.25, -0.2) is 0 Å². The Bertz CT molecular complexity index is 1100. The molecule has 0 radical (unpaired) electrons. The quantitative estimate of drug-likeness (QED) is 0.497. The first-order valence-corrected chi connectivity index (χ1v) is 12.0. The molecular formula is C28H29ClN2O4. The van der Waals surface area contributed by atoms with Crippen LogP contribution in [-0.2, 0) is 4.79 Å². The number of methoxy groups -OCH3 is 2. The summed E-state index contributed by atoms with van der Waals surface area (Å²) >= 11 is 5.96. The Labute approximate surface area is 210 Å². The van der Waals surface area contributed by atoms with E-state index in [0.717, 1.165) is 35.5 Å². The molecular weight excluding hydrogens is 464 g/mol. The fraction of sp³-hybridized carbons (Fsp3) is 0.286. The molecule has 7 heteroatoms. The number of amides is 2. The Hall–Kier alpha value is -3.51. The second-order valence-electron chi connectivity index (χ2n) is 8.59. The van der Waals surface area contributed by atoms with Gasteiger partial charge in [0, 0.05) is 23.7 Å². The van der Waals surface area contributed by atoms with Crippen LogP contribution < -0.4 is 14.8 Å². The number of piperidine rings is 1.